The van der Waals surface area contributed by atoms with Gasteiger partial charge in [-0.25, -0.2) is 8.42 Å². The molecule has 100 valence electrons. The molecule has 18 heavy (non-hydrogen) atoms. The molecule has 0 unspecified atom stereocenters. The van der Waals surface area contributed by atoms with E-state index >= 15 is 0 Å². The summed E-state index contributed by atoms with van der Waals surface area (Å²) in [5.41, 5.74) is 1.97. The lowest BCUT2D eigenvalue weighted by atomic mass is 10.2. The topological polar surface area (TPSA) is 40.6 Å². The molecule has 1 aliphatic rings. The molecule has 0 saturated carbocycles. The number of sulfonamides is 1. The summed E-state index contributed by atoms with van der Waals surface area (Å²) in [7, 11) is -1.15. The van der Waals surface area contributed by atoms with Gasteiger partial charge in [0.1, 0.15) is 0 Å². The molecule has 0 aromatic heterocycles. The molecule has 0 atom stereocenters. The number of aryl methyl sites for hydroxylation is 1. The normalized spacial score (nSPS) is 19.0. The van der Waals surface area contributed by atoms with Gasteiger partial charge in [0.15, 0.2) is 0 Å². The van der Waals surface area contributed by atoms with Gasteiger partial charge in [-0.05, 0) is 19.5 Å². The number of hydrogen-bond acceptors (Lipinski definition) is 3. The average Bonchev–Trinajstić information content (AvgIpc) is 2.29. The molecule has 0 bridgehead atoms. The van der Waals surface area contributed by atoms with E-state index in [9.17, 15) is 8.42 Å². The van der Waals surface area contributed by atoms with E-state index in [1.165, 1.54) is 0 Å². The molecule has 0 spiro atoms. The van der Waals surface area contributed by atoms with Gasteiger partial charge in [0, 0.05) is 26.2 Å². The van der Waals surface area contributed by atoms with Crippen LogP contribution in [0.25, 0.3) is 0 Å². The maximum absolute atomic E-state index is 12.3. The largest absolute Gasteiger partial charge is 0.304 e. The number of rotatable bonds is 3. The van der Waals surface area contributed by atoms with Gasteiger partial charge < -0.3 is 4.90 Å². The van der Waals surface area contributed by atoms with E-state index in [1.807, 2.05) is 38.2 Å². The number of nitrogens with zero attached hydrogens (tertiary/aromatic N) is 2. The van der Waals surface area contributed by atoms with Crippen LogP contribution in [0.1, 0.15) is 11.1 Å². The van der Waals surface area contributed by atoms with Crippen LogP contribution >= 0.6 is 0 Å². The molecule has 1 aromatic rings. The summed E-state index contributed by atoms with van der Waals surface area (Å²) in [5, 5.41) is 0. The van der Waals surface area contributed by atoms with Crippen molar-refractivity contribution in [2.75, 3.05) is 33.2 Å². The molecule has 1 heterocycles. The van der Waals surface area contributed by atoms with Crippen molar-refractivity contribution in [2.24, 2.45) is 0 Å². The molecule has 1 fully saturated rings. The molecule has 0 aliphatic carbocycles. The predicted octanol–water partition coefficient (Wildman–Crippen LogP) is 1.07. The maximum Gasteiger partial charge on any atom is 0.218 e. The van der Waals surface area contributed by atoms with Gasteiger partial charge in [-0.2, -0.15) is 4.31 Å². The third kappa shape index (κ3) is 3.31. The van der Waals surface area contributed by atoms with Crippen molar-refractivity contribution in [1.29, 1.82) is 0 Å². The molecule has 4 nitrogen and oxygen atoms in total. The highest BCUT2D eigenvalue weighted by Crippen LogP contribution is 2.14. The van der Waals surface area contributed by atoms with Crippen LogP contribution in [0, 0.1) is 6.92 Å². The molecular weight excluding hydrogens is 248 g/mol. The Morgan fingerprint density at radius 1 is 1.17 bits per heavy atom. The smallest absolute Gasteiger partial charge is 0.218 e. The second kappa shape index (κ2) is 5.38. The van der Waals surface area contributed by atoms with E-state index in [4.69, 9.17) is 0 Å². The number of piperazine rings is 1. The van der Waals surface area contributed by atoms with Gasteiger partial charge in [0.2, 0.25) is 10.0 Å². The van der Waals surface area contributed by atoms with Gasteiger partial charge in [-0.3, -0.25) is 0 Å². The second-order valence-corrected chi connectivity index (χ2v) is 6.92. The minimum Gasteiger partial charge on any atom is -0.304 e. The van der Waals surface area contributed by atoms with Gasteiger partial charge >= 0.3 is 0 Å². The minimum absolute atomic E-state index is 0.110. The van der Waals surface area contributed by atoms with E-state index < -0.39 is 10.0 Å². The van der Waals surface area contributed by atoms with Crippen LogP contribution in [0.3, 0.4) is 0 Å². The zero-order chi connectivity index (χ0) is 13.2. The third-order valence-electron chi connectivity index (χ3n) is 3.29. The van der Waals surface area contributed by atoms with Crippen molar-refractivity contribution in [3.8, 4) is 0 Å². The Bertz CT molecular complexity index is 505. The first kappa shape index (κ1) is 13.5. The molecule has 0 amide bonds. The molecular formula is C13H20N2O2S. The fourth-order valence-electron chi connectivity index (χ4n) is 2.17. The van der Waals surface area contributed by atoms with Crippen LogP contribution in [-0.2, 0) is 15.8 Å². The van der Waals surface area contributed by atoms with Crippen LogP contribution in [0.4, 0.5) is 0 Å². The highest BCUT2D eigenvalue weighted by atomic mass is 32.2. The minimum atomic E-state index is -3.17. The number of hydrogen-bond donors (Lipinski definition) is 0. The third-order valence-corrected chi connectivity index (χ3v) is 5.14. The maximum atomic E-state index is 12.3. The lowest BCUT2D eigenvalue weighted by molar-refractivity contribution is 0.222. The first-order valence-corrected chi connectivity index (χ1v) is 7.80. The summed E-state index contributed by atoms with van der Waals surface area (Å²) in [6, 6.07) is 7.70. The molecule has 1 aliphatic heterocycles. The van der Waals surface area contributed by atoms with Crippen LogP contribution in [0.2, 0.25) is 0 Å². The van der Waals surface area contributed by atoms with Gasteiger partial charge in [-0.15, -0.1) is 0 Å². The molecule has 0 radical (unpaired) electrons. The molecule has 0 N–H and O–H groups in total. The van der Waals surface area contributed by atoms with Gasteiger partial charge in [0.05, 0.1) is 5.75 Å². The van der Waals surface area contributed by atoms with Crippen molar-refractivity contribution in [1.82, 2.24) is 9.21 Å². The van der Waals surface area contributed by atoms with Crippen LogP contribution < -0.4 is 0 Å². The van der Waals surface area contributed by atoms with E-state index in [1.54, 1.807) is 4.31 Å². The lowest BCUT2D eigenvalue weighted by Gasteiger charge is -2.31. The van der Waals surface area contributed by atoms with Crippen molar-refractivity contribution < 1.29 is 8.42 Å². The zero-order valence-electron chi connectivity index (χ0n) is 11.0. The van der Waals surface area contributed by atoms with E-state index in [-0.39, 0.29) is 5.75 Å². The average molecular weight is 268 g/mol. The van der Waals surface area contributed by atoms with Crippen LogP contribution in [-0.4, -0.2) is 50.8 Å². The summed E-state index contributed by atoms with van der Waals surface area (Å²) < 4.78 is 26.2. The SMILES string of the molecule is Cc1cccc(CS(=O)(=O)N2CCN(C)CC2)c1. The summed E-state index contributed by atoms with van der Waals surface area (Å²) in [5.74, 6) is 0.110. The summed E-state index contributed by atoms with van der Waals surface area (Å²) in [6.07, 6.45) is 0. The fourth-order valence-corrected chi connectivity index (χ4v) is 3.67. The van der Waals surface area contributed by atoms with Gasteiger partial charge in [-0.1, -0.05) is 29.8 Å². The first-order chi connectivity index (χ1) is 8.47. The Morgan fingerprint density at radius 3 is 2.44 bits per heavy atom. The van der Waals surface area contributed by atoms with Crippen molar-refractivity contribution >= 4 is 10.0 Å². The molecule has 2 rings (SSSR count). The molecule has 1 aromatic carbocycles. The van der Waals surface area contributed by atoms with E-state index in [2.05, 4.69) is 4.90 Å². The predicted molar refractivity (Wildman–Crippen MR) is 72.9 cm³/mol. The van der Waals surface area contributed by atoms with E-state index in [0.29, 0.717) is 13.1 Å². The number of likely N-dealkylation sites (N-methyl/N-ethyl adjacent to an activating group) is 1. The Balaban J connectivity index is 2.08. The van der Waals surface area contributed by atoms with Crippen molar-refractivity contribution in [3.63, 3.8) is 0 Å². The quantitative estimate of drug-likeness (QED) is 0.823. The summed E-state index contributed by atoms with van der Waals surface area (Å²) in [6.45, 7) is 4.81. The Hall–Kier alpha value is -0.910. The van der Waals surface area contributed by atoms with Crippen molar-refractivity contribution in [2.45, 2.75) is 12.7 Å². The van der Waals surface area contributed by atoms with E-state index in [0.717, 1.165) is 24.2 Å². The second-order valence-electron chi connectivity index (χ2n) is 4.95. The summed E-state index contributed by atoms with van der Waals surface area (Å²) >= 11 is 0. The Labute approximate surface area is 109 Å². The molecule has 5 heteroatoms. The number of benzene rings is 1. The van der Waals surface area contributed by atoms with Crippen LogP contribution in [0.5, 0.6) is 0 Å². The Kier molecular flexibility index (Phi) is 4.04. The first-order valence-electron chi connectivity index (χ1n) is 6.19. The lowest BCUT2D eigenvalue weighted by Crippen LogP contribution is -2.47. The monoisotopic (exact) mass is 268 g/mol. The van der Waals surface area contributed by atoms with Gasteiger partial charge in [0.25, 0.3) is 0 Å². The molecule has 1 saturated heterocycles. The Morgan fingerprint density at radius 2 is 1.83 bits per heavy atom. The van der Waals surface area contributed by atoms with Crippen LogP contribution in [0.15, 0.2) is 24.3 Å². The zero-order valence-corrected chi connectivity index (χ0v) is 11.8. The van der Waals surface area contributed by atoms with Crippen molar-refractivity contribution in [3.05, 3.63) is 35.4 Å². The highest BCUT2D eigenvalue weighted by molar-refractivity contribution is 7.88. The fraction of sp³-hybridized carbons (Fsp3) is 0.538. The summed E-state index contributed by atoms with van der Waals surface area (Å²) in [4.78, 5) is 2.15. The highest BCUT2D eigenvalue weighted by Gasteiger charge is 2.25. The standard InChI is InChI=1S/C13H20N2O2S/c1-12-4-3-5-13(10-12)11-18(16,17)15-8-6-14(2)7-9-15/h3-5,10H,6-9,11H2,1-2H3.